The molecule has 0 aliphatic rings. The van der Waals surface area contributed by atoms with Gasteiger partial charge < -0.3 is 10.6 Å². The molecule has 0 bridgehead atoms. The Morgan fingerprint density at radius 2 is 1.79 bits per heavy atom. The number of hydrogen-bond acceptors (Lipinski definition) is 4. The highest BCUT2D eigenvalue weighted by molar-refractivity contribution is 14.0. The lowest BCUT2D eigenvalue weighted by molar-refractivity contribution is 0.559. The maximum absolute atomic E-state index is 12.1. The number of nitrogens with one attached hydrogen (secondary N) is 2. The molecule has 0 aliphatic carbocycles. The Morgan fingerprint density at radius 3 is 2.29 bits per heavy atom. The standard InChI is InChI=1S/C16H29N3O2S2.HI/c1-6-13-8-9-14(22-13)12-19-15(17-7-2)18-10-11-23(20,21)16(3,4)5;/h8-9H,6-7,10-12H2,1-5H3,(H2,17,18,19);1H. The van der Waals surface area contributed by atoms with Gasteiger partial charge in [0.25, 0.3) is 0 Å². The van der Waals surface area contributed by atoms with E-state index in [0.29, 0.717) is 19.0 Å². The lowest BCUT2D eigenvalue weighted by atomic mass is 10.3. The maximum atomic E-state index is 12.1. The van der Waals surface area contributed by atoms with Gasteiger partial charge in [-0.1, -0.05) is 6.92 Å². The van der Waals surface area contributed by atoms with E-state index >= 15 is 0 Å². The summed E-state index contributed by atoms with van der Waals surface area (Å²) in [7, 11) is -3.12. The van der Waals surface area contributed by atoms with E-state index in [-0.39, 0.29) is 29.7 Å². The average molecular weight is 487 g/mol. The second-order valence-electron chi connectivity index (χ2n) is 6.27. The van der Waals surface area contributed by atoms with E-state index in [2.05, 4.69) is 34.7 Å². The molecule has 0 fully saturated rings. The van der Waals surface area contributed by atoms with Crippen molar-refractivity contribution in [3.05, 3.63) is 21.9 Å². The van der Waals surface area contributed by atoms with Gasteiger partial charge in [-0.05, 0) is 46.2 Å². The summed E-state index contributed by atoms with van der Waals surface area (Å²) in [5.74, 6) is 0.753. The van der Waals surface area contributed by atoms with E-state index in [4.69, 9.17) is 0 Å². The number of nitrogens with zero attached hydrogens (tertiary/aromatic N) is 1. The van der Waals surface area contributed by atoms with Crippen LogP contribution in [0, 0.1) is 0 Å². The minimum atomic E-state index is -3.12. The van der Waals surface area contributed by atoms with Gasteiger partial charge >= 0.3 is 0 Å². The SMILES string of the molecule is CCNC(=NCc1ccc(CC)s1)NCCS(=O)(=O)C(C)(C)C.I. The van der Waals surface area contributed by atoms with Crippen LogP contribution in [0.15, 0.2) is 17.1 Å². The Morgan fingerprint density at radius 1 is 1.17 bits per heavy atom. The molecule has 0 saturated heterocycles. The fraction of sp³-hybridized carbons (Fsp3) is 0.688. The lowest BCUT2D eigenvalue weighted by Gasteiger charge is -2.19. The number of thiophene rings is 1. The van der Waals surface area contributed by atoms with Crippen LogP contribution in [0.2, 0.25) is 0 Å². The van der Waals surface area contributed by atoms with Crippen molar-refractivity contribution in [3.63, 3.8) is 0 Å². The summed E-state index contributed by atoms with van der Waals surface area (Å²) in [5, 5.41) is 6.25. The average Bonchev–Trinajstić information content (AvgIpc) is 2.91. The van der Waals surface area contributed by atoms with Crippen LogP contribution in [0.25, 0.3) is 0 Å². The van der Waals surface area contributed by atoms with Crippen molar-refractivity contribution in [2.24, 2.45) is 4.99 Å². The largest absolute Gasteiger partial charge is 0.357 e. The first kappa shape index (κ1) is 23.6. The zero-order valence-corrected chi connectivity index (χ0v) is 19.1. The van der Waals surface area contributed by atoms with Crippen LogP contribution in [0.5, 0.6) is 0 Å². The molecule has 0 aliphatic heterocycles. The number of halogens is 1. The van der Waals surface area contributed by atoms with Gasteiger partial charge in [0.15, 0.2) is 15.8 Å². The second kappa shape index (κ2) is 10.6. The van der Waals surface area contributed by atoms with Crippen molar-refractivity contribution in [1.82, 2.24) is 10.6 Å². The highest BCUT2D eigenvalue weighted by Gasteiger charge is 2.28. The molecule has 2 N–H and O–H groups in total. The number of hydrogen-bond donors (Lipinski definition) is 2. The molecule has 0 atom stereocenters. The molecule has 0 radical (unpaired) electrons. The van der Waals surface area contributed by atoms with Crippen LogP contribution in [-0.4, -0.2) is 38.0 Å². The third-order valence-electron chi connectivity index (χ3n) is 3.40. The molecule has 5 nitrogen and oxygen atoms in total. The topological polar surface area (TPSA) is 70.6 Å². The van der Waals surface area contributed by atoms with Crippen LogP contribution >= 0.6 is 35.3 Å². The van der Waals surface area contributed by atoms with Crippen molar-refractivity contribution < 1.29 is 8.42 Å². The monoisotopic (exact) mass is 487 g/mol. The molecule has 0 amide bonds. The van der Waals surface area contributed by atoms with Gasteiger partial charge in [-0.15, -0.1) is 35.3 Å². The van der Waals surface area contributed by atoms with Gasteiger partial charge in [0.05, 0.1) is 17.0 Å². The van der Waals surface area contributed by atoms with Gasteiger partial charge in [-0.3, -0.25) is 0 Å². The number of sulfone groups is 1. The van der Waals surface area contributed by atoms with E-state index in [1.54, 1.807) is 32.1 Å². The Bertz CT molecular complexity index is 620. The Labute approximate surface area is 167 Å². The molecule has 1 aromatic rings. The minimum Gasteiger partial charge on any atom is -0.357 e. The summed E-state index contributed by atoms with van der Waals surface area (Å²) in [6.45, 7) is 11.0. The summed E-state index contributed by atoms with van der Waals surface area (Å²) in [5.41, 5.74) is 0. The highest BCUT2D eigenvalue weighted by atomic mass is 127. The molecule has 0 unspecified atom stereocenters. The fourth-order valence-corrected chi connectivity index (χ4v) is 3.67. The first-order valence-electron chi connectivity index (χ1n) is 8.01. The van der Waals surface area contributed by atoms with E-state index in [0.717, 1.165) is 13.0 Å². The Hall–Kier alpha value is -0.350. The van der Waals surface area contributed by atoms with E-state index in [1.165, 1.54) is 9.75 Å². The first-order chi connectivity index (χ1) is 10.7. The lowest BCUT2D eigenvalue weighted by Crippen LogP contribution is -2.41. The zero-order chi connectivity index (χ0) is 17.5. The Balaban J connectivity index is 0.00000529. The van der Waals surface area contributed by atoms with Crippen molar-refractivity contribution in [3.8, 4) is 0 Å². The summed E-state index contributed by atoms with van der Waals surface area (Å²) in [6.07, 6.45) is 1.04. The van der Waals surface area contributed by atoms with Crippen LogP contribution in [0.1, 0.15) is 44.4 Å². The van der Waals surface area contributed by atoms with E-state index < -0.39 is 14.6 Å². The van der Waals surface area contributed by atoms with Crippen LogP contribution in [0.3, 0.4) is 0 Å². The Kier molecular flexibility index (Phi) is 10.4. The molecule has 1 aromatic heterocycles. The smallest absolute Gasteiger partial charge is 0.191 e. The highest BCUT2D eigenvalue weighted by Crippen LogP contribution is 2.17. The summed E-state index contributed by atoms with van der Waals surface area (Å²) < 4.78 is 23.5. The van der Waals surface area contributed by atoms with Crippen molar-refractivity contribution >= 4 is 51.1 Å². The normalized spacial score (nSPS) is 12.6. The first-order valence-corrected chi connectivity index (χ1v) is 10.5. The predicted molar refractivity (Wildman–Crippen MR) is 115 cm³/mol. The minimum absolute atomic E-state index is 0. The van der Waals surface area contributed by atoms with Crippen molar-refractivity contribution in [2.75, 3.05) is 18.8 Å². The third-order valence-corrected chi connectivity index (χ3v) is 7.22. The summed E-state index contributed by atoms with van der Waals surface area (Å²) >= 11 is 1.77. The molecule has 140 valence electrons. The third kappa shape index (κ3) is 7.69. The van der Waals surface area contributed by atoms with Gasteiger partial charge in [0.1, 0.15) is 0 Å². The number of rotatable bonds is 7. The fourth-order valence-electron chi connectivity index (χ4n) is 1.81. The quantitative estimate of drug-likeness (QED) is 0.352. The molecule has 0 saturated carbocycles. The predicted octanol–water partition coefficient (Wildman–Crippen LogP) is 3.20. The van der Waals surface area contributed by atoms with E-state index in [9.17, 15) is 8.42 Å². The molecule has 1 rings (SSSR count). The molecular weight excluding hydrogens is 457 g/mol. The van der Waals surface area contributed by atoms with Gasteiger partial charge in [-0.2, -0.15) is 0 Å². The molecule has 0 spiro atoms. The summed E-state index contributed by atoms with van der Waals surface area (Å²) in [6, 6.07) is 4.23. The molecular formula is C16H30IN3O2S2. The van der Waals surface area contributed by atoms with Crippen LogP contribution < -0.4 is 10.6 Å². The number of aliphatic imine (C=N–C) groups is 1. The molecule has 1 heterocycles. The molecule has 24 heavy (non-hydrogen) atoms. The zero-order valence-electron chi connectivity index (χ0n) is 15.2. The van der Waals surface area contributed by atoms with Crippen molar-refractivity contribution in [2.45, 2.75) is 52.3 Å². The van der Waals surface area contributed by atoms with Crippen LogP contribution in [0.4, 0.5) is 0 Å². The molecule has 0 aromatic carbocycles. The van der Waals surface area contributed by atoms with E-state index in [1.807, 2.05) is 6.92 Å². The van der Waals surface area contributed by atoms with Gasteiger partial charge in [-0.25, -0.2) is 13.4 Å². The second-order valence-corrected chi connectivity index (χ2v) is 10.4. The van der Waals surface area contributed by atoms with Crippen LogP contribution in [-0.2, 0) is 22.8 Å². The van der Waals surface area contributed by atoms with Gasteiger partial charge in [0.2, 0.25) is 0 Å². The van der Waals surface area contributed by atoms with Gasteiger partial charge in [0, 0.05) is 22.8 Å². The summed E-state index contributed by atoms with van der Waals surface area (Å²) in [4.78, 5) is 7.08. The molecule has 8 heteroatoms. The van der Waals surface area contributed by atoms with Crippen molar-refractivity contribution in [1.29, 1.82) is 0 Å². The maximum Gasteiger partial charge on any atom is 0.191 e. The number of guanidine groups is 1. The number of aryl methyl sites for hydroxylation is 1.